The molecule has 1 heterocycles. The third-order valence-electron chi connectivity index (χ3n) is 4.24. The second-order valence-electron chi connectivity index (χ2n) is 7.68. The van der Waals surface area contributed by atoms with Crippen LogP contribution in [-0.2, 0) is 21.4 Å². The molecule has 0 aromatic carbocycles. The van der Waals surface area contributed by atoms with Gasteiger partial charge in [0.15, 0.2) is 8.32 Å². The van der Waals surface area contributed by atoms with Crippen LogP contribution in [-0.4, -0.2) is 29.2 Å². The Morgan fingerprint density at radius 2 is 1.90 bits per heavy atom. The van der Waals surface area contributed by atoms with Gasteiger partial charge in [0.1, 0.15) is 0 Å². The molecule has 0 amide bonds. The van der Waals surface area contributed by atoms with Gasteiger partial charge in [-0.2, -0.15) is 5.10 Å². The minimum Gasteiger partial charge on any atom is -0.481 e. The number of aliphatic carboxylic acids is 1. The summed E-state index contributed by atoms with van der Waals surface area (Å²) in [5.41, 5.74) is 0.305. The maximum atomic E-state index is 10.9. The quantitative estimate of drug-likeness (QED) is 0.815. The van der Waals surface area contributed by atoms with Crippen LogP contribution in [0.2, 0.25) is 18.1 Å². The zero-order chi connectivity index (χ0) is 16.5. The van der Waals surface area contributed by atoms with E-state index < -0.39 is 19.8 Å². The van der Waals surface area contributed by atoms with Crippen LogP contribution < -0.4 is 0 Å². The van der Waals surface area contributed by atoms with Crippen LogP contribution in [0.15, 0.2) is 12.3 Å². The molecule has 5 nitrogen and oxygen atoms in total. The van der Waals surface area contributed by atoms with Crippen molar-refractivity contribution in [1.29, 1.82) is 0 Å². The molecule has 0 spiro atoms. The summed E-state index contributed by atoms with van der Waals surface area (Å²) >= 11 is 0. The van der Waals surface area contributed by atoms with Crippen molar-refractivity contribution in [2.24, 2.45) is 0 Å². The Morgan fingerprint density at radius 3 is 2.38 bits per heavy atom. The van der Waals surface area contributed by atoms with E-state index in [2.05, 4.69) is 39.0 Å². The summed E-state index contributed by atoms with van der Waals surface area (Å²) in [6.45, 7) is 15.2. The van der Waals surface area contributed by atoms with Crippen LogP contribution in [0.4, 0.5) is 0 Å². The van der Waals surface area contributed by atoms with Crippen LogP contribution in [0, 0.1) is 0 Å². The molecule has 0 atom stereocenters. The Bertz CT molecular complexity index is 501. The van der Waals surface area contributed by atoms with E-state index in [1.54, 1.807) is 4.68 Å². The van der Waals surface area contributed by atoms with Crippen LogP contribution in [0.3, 0.4) is 0 Å². The van der Waals surface area contributed by atoms with Gasteiger partial charge in [0.2, 0.25) is 0 Å². The van der Waals surface area contributed by atoms with Crippen molar-refractivity contribution in [3.8, 4) is 0 Å². The minimum atomic E-state index is -1.79. The van der Waals surface area contributed by atoms with Gasteiger partial charge in [0.25, 0.3) is 0 Å². The van der Waals surface area contributed by atoms with Crippen LogP contribution in [0.1, 0.15) is 46.7 Å². The molecule has 0 radical (unpaired) electrons. The maximum Gasteiger partial charge on any atom is 0.305 e. The predicted molar refractivity (Wildman–Crippen MR) is 85.8 cm³/mol. The highest BCUT2D eigenvalue weighted by molar-refractivity contribution is 6.74. The third-order valence-corrected chi connectivity index (χ3v) is 8.71. The fourth-order valence-corrected chi connectivity index (χ4v) is 2.64. The number of carboxylic acids is 1. The molecule has 0 bridgehead atoms. The second kappa shape index (κ2) is 5.92. The fourth-order valence-electron chi connectivity index (χ4n) is 1.70. The SMILES string of the molecule is CC(C)(CC(=O)O)n1ccc(CO[Si](C)(C)C(C)(C)C)n1. The van der Waals surface area contributed by atoms with E-state index >= 15 is 0 Å². The first-order valence-corrected chi connectivity index (χ1v) is 10.2. The molecule has 0 saturated heterocycles. The average molecular weight is 312 g/mol. The standard InChI is InChI=1S/C15H28N2O3Si/c1-14(2,3)21(6,7)20-11-12-8-9-17(16-12)15(4,5)10-13(18)19/h8-9H,10-11H2,1-7H3,(H,18,19). The lowest BCUT2D eigenvalue weighted by Crippen LogP contribution is -2.40. The monoisotopic (exact) mass is 312 g/mol. The topological polar surface area (TPSA) is 64.3 Å². The van der Waals surface area contributed by atoms with E-state index in [4.69, 9.17) is 9.53 Å². The van der Waals surface area contributed by atoms with Gasteiger partial charge in [-0.25, -0.2) is 0 Å². The molecule has 6 heteroatoms. The van der Waals surface area contributed by atoms with Crippen LogP contribution in [0.25, 0.3) is 0 Å². The summed E-state index contributed by atoms with van der Waals surface area (Å²) < 4.78 is 7.85. The molecule has 120 valence electrons. The molecule has 0 saturated carbocycles. The fraction of sp³-hybridized carbons (Fsp3) is 0.733. The lowest BCUT2D eigenvalue weighted by atomic mass is 10.0. The van der Waals surface area contributed by atoms with Crippen molar-refractivity contribution in [3.63, 3.8) is 0 Å². The van der Waals surface area contributed by atoms with Gasteiger partial charge in [-0.05, 0) is 38.0 Å². The Balaban J connectivity index is 2.75. The molecule has 0 aliphatic heterocycles. The summed E-state index contributed by atoms with van der Waals surface area (Å²) in [5, 5.41) is 13.6. The van der Waals surface area contributed by atoms with Crippen molar-refractivity contribution in [3.05, 3.63) is 18.0 Å². The molecule has 1 aromatic rings. The Labute approximate surface area is 128 Å². The van der Waals surface area contributed by atoms with E-state index in [9.17, 15) is 4.79 Å². The molecule has 21 heavy (non-hydrogen) atoms. The lowest BCUT2D eigenvalue weighted by Gasteiger charge is -2.35. The van der Waals surface area contributed by atoms with Crippen LogP contribution >= 0.6 is 0 Å². The van der Waals surface area contributed by atoms with Gasteiger partial charge in [0, 0.05) is 6.20 Å². The summed E-state index contributed by atoms with van der Waals surface area (Å²) in [7, 11) is -1.79. The summed E-state index contributed by atoms with van der Waals surface area (Å²) in [5.74, 6) is -0.824. The van der Waals surface area contributed by atoms with Gasteiger partial charge >= 0.3 is 5.97 Å². The van der Waals surface area contributed by atoms with Gasteiger partial charge in [-0.3, -0.25) is 9.48 Å². The highest BCUT2D eigenvalue weighted by atomic mass is 28.4. The summed E-state index contributed by atoms with van der Waals surface area (Å²) in [6.07, 6.45) is 1.87. The van der Waals surface area contributed by atoms with Crippen molar-refractivity contribution in [2.75, 3.05) is 0 Å². The molecule has 0 unspecified atom stereocenters. The number of hydrogen-bond acceptors (Lipinski definition) is 3. The Kier molecular flexibility index (Phi) is 5.05. The molecular weight excluding hydrogens is 284 g/mol. The van der Waals surface area contributed by atoms with Crippen molar-refractivity contribution >= 4 is 14.3 Å². The number of hydrogen-bond donors (Lipinski definition) is 1. The molecule has 0 aliphatic carbocycles. The number of carboxylic acid groups (broad SMARTS) is 1. The number of nitrogens with zero attached hydrogens (tertiary/aromatic N) is 2. The van der Waals surface area contributed by atoms with E-state index in [-0.39, 0.29) is 11.5 Å². The largest absolute Gasteiger partial charge is 0.481 e. The minimum absolute atomic E-state index is 0.0389. The van der Waals surface area contributed by atoms with Crippen LogP contribution in [0.5, 0.6) is 0 Å². The van der Waals surface area contributed by atoms with Gasteiger partial charge in [-0.15, -0.1) is 0 Å². The molecular formula is C15H28N2O3Si. The van der Waals surface area contributed by atoms with Crippen molar-refractivity contribution < 1.29 is 14.3 Å². The van der Waals surface area contributed by atoms with E-state index in [1.165, 1.54) is 0 Å². The second-order valence-corrected chi connectivity index (χ2v) is 12.5. The van der Waals surface area contributed by atoms with Gasteiger partial charge in [0.05, 0.1) is 24.3 Å². The molecule has 0 aliphatic rings. The van der Waals surface area contributed by atoms with E-state index in [0.717, 1.165) is 5.69 Å². The van der Waals surface area contributed by atoms with Gasteiger partial charge in [-0.1, -0.05) is 20.8 Å². The Hall–Kier alpha value is -1.14. The smallest absolute Gasteiger partial charge is 0.305 e. The average Bonchev–Trinajstić information content (AvgIpc) is 2.72. The highest BCUT2D eigenvalue weighted by Crippen LogP contribution is 2.37. The molecule has 0 fully saturated rings. The van der Waals surface area contributed by atoms with E-state index in [1.807, 2.05) is 26.1 Å². The van der Waals surface area contributed by atoms with Gasteiger partial charge < -0.3 is 9.53 Å². The number of aromatic nitrogens is 2. The van der Waals surface area contributed by atoms with E-state index in [0.29, 0.717) is 6.61 Å². The number of carbonyl (C=O) groups is 1. The number of rotatable bonds is 6. The first-order valence-electron chi connectivity index (χ1n) is 7.26. The molecule has 1 N–H and O–H groups in total. The normalized spacial score (nSPS) is 13.5. The zero-order valence-corrected chi connectivity index (χ0v) is 15.2. The third kappa shape index (κ3) is 4.67. The molecule has 1 rings (SSSR count). The van der Waals surface area contributed by atoms with Crippen molar-refractivity contribution in [2.45, 2.75) is 71.3 Å². The summed E-state index contributed by atoms with van der Waals surface area (Å²) in [6, 6.07) is 1.90. The zero-order valence-electron chi connectivity index (χ0n) is 14.2. The lowest BCUT2D eigenvalue weighted by molar-refractivity contribution is -0.139. The summed E-state index contributed by atoms with van der Waals surface area (Å²) in [4.78, 5) is 10.9. The Morgan fingerprint density at radius 1 is 1.33 bits per heavy atom. The first-order chi connectivity index (χ1) is 9.35. The predicted octanol–water partition coefficient (Wildman–Crippen LogP) is 3.61. The first kappa shape index (κ1) is 17.9. The molecule has 1 aromatic heterocycles. The highest BCUT2D eigenvalue weighted by Gasteiger charge is 2.37. The maximum absolute atomic E-state index is 10.9. The van der Waals surface area contributed by atoms with Crippen molar-refractivity contribution in [1.82, 2.24) is 9.78 Å².